The Hall–Kier alpha value is -2.51. The number of nitrogens with zero attached hydrogens (tertiary/aromatic N) is 3. The highest BCUT2D eigenvalue weighted by molar-refractivity contribution is 7.20. The SMILES string of the molecule is CCN(CCc1nc2c(C)cccc2[nH]1)C(=O)c1csc(-c2cccs2)n1. The third-order valence-electron chi connectivity index (χ3n) is 4.51. The van der Waals surface area contributed by atoms with Crippen LogP contribution < -0.4 is 0 Å². The highest BCUT2D eigenvalue weighted by Gasteiger charge is 2.19. The first-order chi connectivity index (χ1) is 13.2. The molecular formula is C20H20N4OS2. The Morgan fingerprint density at radius 3 is 2.81 bits per heavy atom. The van der Waals surface area contributed by atoms with Crippen molar-refractivity contribution >= 4 is 39.6 Å². The Balaban J connectivity index is 1.46. The van der Waals surface area contributed by atoms with Crippen molar-refractivity contribution in [3.05, 3.63) is 58.2 Å². The molecule has 138 valence electrons. The number of carbonyl (C=O) groups is 1. The van der Waals surface area contributed by atoms with E-state index in [2.05, 4.69) is 27.9 Å². The number of para-hydroxylation sites is 1. The van der Waals surface area contributed by atoms with Crippen molar-refractivity contribution in [3.63, 3.8) is 0 Å². The van der Waals surface area contributed by atoms with E-state index in [9.17, 15) is 4.79 Å². The van der Waals surface area contributed by atoms with Crippen LogP contribution in [0, 0.1) is 6.92 Å². The van der Waals surface area contributed by atoms with E-state index in [1.54, 1.807) is 11.3 Å². The van der Waals surface area contributed by atoms with E-state index in [1.807, 2.05) is 46.8 Å². The lowest BCUT2D eigenvalue weighted by Crippen LogP contribution is -2.33. The van der Waals surface area contributed by atoms with Crippen LogP contribution in [0.4, 0.5) is 0 Å². The van der Waals surface area contributed by atoms with E-state index in [-0.39, 0.29) is 5.91 Å². The van der Waals surface area contributed by atoms with Crippen LogP contribution >= 0.6 is 22.7 Å². The molecule has 0 bridgehead atoms. The zero-order valence-corrected chi connectivity index (χ0v) is 16.9. The zero-order chi connectivity index (χ0) is 18.8. The predicted octanol–water partition coefficient (Wildman–Crippen LogP) is 4.76. The third-order valence-corrected chi connectivity index (χ3v) is 6.39. The van der Waals surface area contributed by atoms with Crippen molar-refractivity contribution in [1.29, 1.82) is 0 Å². The van der Waals surface area contributed by atoms with Gasteiger partial charge in [-0.1, -0.05) is 18.2 Å². The van der Waals surface area contributed by atoms with Crippen LogP contribution in [-0.2, 0) is 6.42 Å². The number of H-pyrrole nitrogens is 1. The molecular weight excluding hydrogens is 376 g/mol. The van der Waals surface area contributed by atoms with Crippen LogP contribution in [0.2, 0.25) is 0 Å². The van der Waals surface area contributed by atoms with Crippen molar-refractivity contribution in [2.45, 2.75) is 20.3 Å². The van der Waals surface area contributed by atoms with Gasteiger partial charge in [0.2, 0.25) is 0 Å². The average Bonchev–Trinajstić information content (AvgIpc) is 3.41. The Morgan fingerprint density at radius 2 is 2.07 bits per heavy atom. The number of benzene rings is 1. The van der Waals surface area contributed by atoms with Gasteiger partial charge < -0.3 is 9.88 Å². The number of rotatable bonds is 6. The van der Waals surface area contributed by atoms with Crippen molar-refractivity contribution in [3.8, 4) is 9.88 Å². The molecule has 0 unspecified atom stereocenters. The number of likely N-dealkylation sites (N-methyl/N-ethyl adjacent to an activating group) is 1. The predicted molar refractivity (Wildman–Crippen MR) is 112 cm³/mol. The summed E-state index contributed by atoms with van der Waals surface area (Å²) < 4.78 is 0. The minimum absolute atomic E-state index is 0.0242. The Bertz CT molecular complexity index is 1060. The summed E-state index contributed by atoms with van der Waals surface area (Å²) in [5.74, 6) is 0.881. The van der Waals surface area contributed by atoms with Crippen LogP contribution in [-0.4, -0.2) is 38.8 Å². The second-order valence-electron chi connectivity index (χ2n) is 6.30. The molecule has 0 aliphatic carbocycles. The quantitative estimate of drug-likeness (QED) is 0.511. The fourth-order valence-electron chi connectivity index (χ4n) is 3.04. The van der Waals surface area contributed by atoms with E-state index in [0.717, 1.165) is 32.3 Å². The Morgan fingerprint density at radius 1 is 1.19 bits per heavy atom. The number of imidazole rings is 1. The third kappa shape index (κ3) is 3.65. The summed E-state index contributed by atoms with van der Waals surface area (Å²) in [5.41, 5.74) is 3.72. The van der Waals surface area contributed by atoms with E-state index in [1.165, 1.54) is 11.3 Å². The number of nitrogens with one attached hydrogen (secondary N) is 1. The number of thiophene rings is 1. The van der Waals surface area contributed by atoms with Crippen LogP contribution in [0.3, 0.4) is 0 Å². The molecule has 1 aromatic carbocycles. The summed E-state index contributed by atoms with van der Waals surface area (Å²) in [6.45, 7) is 5.31. The first kappa shape index (κ1) is 17.9. The van der Waals surface area contributed by atoms with Gasteiger partial charge in [-0.3, -0.25) is 4.79 Å². The highest BCUT2D eigenvalue weighted by Crippen LogP contribution is 2.28. The molecule has 0 saturated carbocycles. The maximum absolute atomic E-state index is 12.8. The number of carbonyl (C=O) groups excluding carboxylic acids is 1. The summed E-state index contributed by atoms with van der Waals surface area (Å²) in [5, 5.41) is 4.77. The molecule has 4 aromatic rings. The van der Waals surface area contributed by atoms with Gasteiger partial charge in [0.15, 0.2) is 0 Å². The van der Waals surface area contributed by atoms with Crippen molar-refractivity contribution in [2.24, 2.45) is 0 Å². The van der Waals surface area contributed by atoms with E-state index >= 15 is 0 Å². The fraction of sp³-hybridized carbons (Fsp3) is 0.250. The minimum atomic E-state index is -0.0242. The molecule has 3 aromatic heterocycles. The van der Waals surface area contributed by atoms with E-state index < -0.39 is 0 Å². The second kappa shape index (κ2) is 7.62. The van der Waals surface area contributed by atoms with Gasteiger partial charge in [-0.2, -0.15) is 0 Å². The molecule has 3 heterocycles. The molecule has 4 rings (SSSR count). The summed E-state index contributed by atoms with van der Waals surface area (Å²) in [7, 11) is 0. The molecule has 27 heavy (non-hydrogen) atoms. The largest absolute Gasteiger partial charge is 0.342 e. The van der Waals surface area contributed by atoms with Gasteiger partial charge in [0.1, 0.15) is 16.5 Å². The minimum Gasteiger partial charge on any atom is -0.342 e. The van der Waals surface area contributed by atoms with Gasteiger partial charge in [0.05, 0.1) is 15.9 Å². The summed E-state index contributed by atoms with van der Waals surface area (Å²) in [6, 6.07) is 10.1. The topological polar surface area (TPSA) is 61.9 Å². The molecule has 0 fully saturated rings. The first-order valence-electron chi connectivity index (χ1n) is 8.88. The summed E-state index contributed by atoms with van der Waals surface area (Å²) in [4.78, 5) is 28.3. The van der Waals surface area contributed by atoms with Crippen molar-refractivity contribution < 1.29 is 4.79 Å². The molecule has 0 aliphatic heterocycles. The normalized spacial score (nSPS) is 11.2. The maximum atomic E-state index is 12.8. The maximum Gasteiger partial charge on any atom is 0.273 e. The van der Waals surface area contributed by atoms with Gasteiger partial charge in [-0.15, -0.1) is 22.7 Å². The second-order valence-corrected chi connectivity index (χ2v) is 8.11. The van der Waals surface area contributed by atoms with Crippen LogP contribution in [0.25, 0.3) is 20.9 Å². The Labute approximate surface area is 165 Å². The first-order valence-corrected chi connectivity index (χ1v) is 10.6. The standard InChI is InChI=1S/C20H20N4OS2/c1-3-24(10-9-17-21-14-7-4-6-13(2)18(14)23-17)20(25)15-12-27-19(22-15)16-8-5-11-26-16/h4-8,11-12H,3,9-10H2,1-2H3,(H,21,23). The van der Waals surface area contributed by atoms with Crippen LogP contribution in [0.5, 0.6) is 0 Å². The van der Waals surface area contributed by atoms with Gasteiger partial charge in [0.25, 0.3) is 5.91 Å². The lowest BCUT2D eigenvalue weighted by atomic mass is 10.2. The number of hydrogen-bond acceptors (Lipinski definition) is 5. The molecule has 7 heteroatoms. The number of aromatic amines is 1. The number of hydrogen-bond donors (Lipinski definition) is 1. The fourth-order valence-corrected chi connectivity index (χ4v) is 4.64. The number of fused-ring (bicyclic) bond motifs is 1. The van der Waals surface area contributed by atoms with Gasteiger partial charge in [0, 0.05) is 24.9 Å². The average molecular weight is 397 g/mol. The lowest BCUT2D eigenvalue weighted by molar-refractivity contribution is 0.0760. The number of aryl methyl sites for hydroxylation is 1. The Kier molecular flexibility index (Phi) is 5.05. The van der Waals surface area contributed by atoms with Crippen molar-refractivity contribution in [2.75, 3.05) is 13.1 Å². The van der Waals surface area contributed by atoms with Crippen LogP contribution in [0.1, 0.15) is 28.8 Å². The summed E-state index contributed by atoms with van der Waals surface area (Å²) in [6.07, 6.45) is 0.690. The number of aromatic nitrogens is 3. The molecule has 1 N–H and O–H groups in total. The lowest BCUT2D eigenvalue weighted by Gasteiger charge is -2.19. The van der Waals surface area contributed by atoms with E-state index in [0.29, 0.717) is 25.2 Å². The molecule has 0 spiro atoms. The van der Waals surface area contributed by atoms with Gasteiger partial charge >= 0.3 is 0 Å². The highest BCUT2D eigenvalue weighted by atomic mass is 32.1. The smallest absolute Gasteiger partial charge is 0.273 e. The molecule has 0 aliphatic rings. The van der Waals surface area contributed by atoms with Gasteiger partial charge in [-0.25, -0.2) is 9.97 Å². The van der Waals surface area contributed by atoms with E-state index in [4.69, 9.17) is 0 Å². The molecule has 0 atom stereocenters. The molecule has 1 amide bonds. The zero-order valence-electron chi connectivity index (χ0n) is 15.2. The molecule has 0 saturated heterocycles. The number of thiazole rings is 1. The van der Waals surface area contributed by atoms with Crippen LogP contribution in [0.15, 0.2) is 41.1 Å². The monoisotopic (exact) mass is 396 g/mol. The molecule has 0 radical (unpaired) electrons. The van der Waals surface area contributed by atoms with Gasteiger partial charge in [-0.05, 0) is 36.9 Å². The summed E-state index contributed by atoms with van der Waals surface area (Å²) >= 11 is 3.15. The van der Waals surface area contributed by atoms with Crippen molar-refractivity contribution in [1.82, 2.24) is 19.9 Å². The molecule has 5 nitrogen and oxygen atoms in total. The number of amides is 1.